The summed E-state index contributed by atoms with van der Waals surface area (Å²) >= 11 is 6.84. The number of phenolic OH excluding ortho intramolecular Hbond substituents is 1. The SMILES string of the molecule is CC1=C(Br)C(=O)C(C(C)C)=C/C1=C\C1C=CC=CC1(c1cc(C(C)C)c(O)c(Br)c1C)S(=O)(=O)O. The lowest BCUT2D eigenvalue weighted by Gasteiger charge is -2.37. The van der Waals surface area contributed by atoms with Crippen molar-refractivity contribution in [1.29, 1.82) is 0 Å². The van der Waals surface area contributed by atoms with E-state index >= 15 is 0 Å². The van der Waals surface area contributed by atoms with Crippen molar-refractivity contribution in [3.05, 3.63) is 84.9 Å². The smallest absolute Gasteiger partial charge is 0.279 e. The van der Waals surface area contributed by atoms with E-state index in [1.54, 1.807) is 50.3 Å². The van der Waals surface area contributed by atoms with Crippen LogP contribution in [-0.4, -0.2) is 23.9 Å². The minimum atomic E-state index is -4.71. The minimum Gasteiger partial charge on any atom is -0.506 e. The second-order valence-electron chi connectivity index (χ2n) is 9.64. The van der Waals surface area contributed by atoms with Crippen molar-refractivity contribution in [2.75, 3.05) is 0 Å². The molecule has 0 radical (unpaired) electrons. The number of hydrogen-bond acceptors (Lipinski definition) is 4. The summed E-state index contributed by atoms with van der Waals surface area (Å²) in [7, 11) is -4.71. The highest BCUT2D eigenvalue weighted by molar-refractivity contribution is 9.12. The Balaban J connectivity index is 2.39. The largest absolute Gasteiger partial charge is 0.506 e. The second-order valence-corrected chi connectivity index (χ2v) is 12.8. The fraction of sp³-hybridized carbons (Fsp3) is 0.370. The Bertz CT molecular complexity index is 1340. The van der Waals surface area contributed by atoms with E-state index in [1.807, 2.05) is 27.7 Å². The maximum absolute atomic E-state index is 13.2. The molecule has 2 N–H and O–H groups in total. The predicted octanol–water partition coefficient (Wildman–Crippen LogP) is 7.17. The first-order chi connectivity index (χ1) is 16.1. The zero-order chi connectivity index (χ0) is 26.5. The van der Waals surface area contributed by atoms with E-state index in [-0.39, 0.29) is 23.4 Å². The van der Waals surface area contributed by atoms with Crippen LogP contribution in [0.2, 0.25) is 0 Å². The van der Waals surface area contributed by atoms with Crippen molar-refractivity contribution in [1.82, 2.24) is 0 Å². The van der Waals surface area contributed by atoms with Crippen molar-refractivity contribution >= 4 is 47.8 Å². The van der Waals surface area contributed by atoms with Crippen LogP contribution in [-0.2, 0) is 19.7 Å². The first kappa shape index (κ1) is 27.8. The van der Waals surface area contributed by atoms with E-state index in [0.29, 0.717) is 42.4 Å². The summed E-state index contributed by atoms with van der Waals surface area (Å²) in [6.07, 6.45) is 10.2. The fourth-order valence-electron chi connectivity index (χ4n) is 4.64. The highest BCUT2D eigenvalue weighted by atomic mass is 79.9. The third kappa shape index (κ3) is 4.70. The van der Waals surface area contributed by atoms with Crippen LogP contribution in [0.3, 0.4) is 0 Å². The molecule has 5 nitrogen and oxygen atoms in total. The van der Waals surface area contributed by atoms with Crippen LogP contribution in [0, 0.1) is 18.8 Å². The lowest BCUT2D eigenvalue weighted by atomic mass is 9.77. The van der Waals surface area contributed by atoms with Gasteiger partial charge in [-0.05, 0) is 97.5 Å². The zero-order valence-corrected chi connectivity index (χ0v) is 24.5. The summed E-state index contributed by atoms with van der Waals surface area (Å²) in [6.45, 7) is 11.2. The molecule has 8 heteroatoms. The summed E-state index contributed by atoms with van der Waals surface area (Å²) in [5, 5.41) is 10.7. The predicted molar refractivity (Wildman–Crippen MR) is 147 cm³/mol. The molecule has 0 bridgehead atoms. The van der Waals surface area contributed by atoms with Crippen LogP contribution < -0.4 is 0 Å². The number of Topliss-reactive ketones (excluding diaryl/α,β-unsaturated/α-hetero) is 1. The van der Waals surface area contributed by atoms with Gasteiger partial charge >= 0.3 is 0 Å². The van der Waals surface area contributed by atoms with Gasteiger partial charge in [-0.15, -0.1) is 0 Å². The number of allylic oxidation sites excluding steroid dienone is 9. The van der Waals surface area contributed by atoms with Gasteiger partial charge in [0.1, 0.15) is 5.75 Å². The van der Waals surface area contributed by atoms with Crippen LogP contribution in [0.5, 0.6) is 5.75 Å². The summed E-state index contributed by atoms with van der Waals surface area (Å²) in [6, 6.07) is 1.67. The Hall–Kier alpha value is -1.74. The van der Waals surface area contributed by atoms with Gasteiger partial charge in [0.05, 0.1) is 8.96 Å². The Labute approximate surface area is 224 Å². The molecule has 0 aliphatic heterocycles. The maximum Gasteiger partial charge on any atom is 0.279 e. The van der Waals surface area contributed by atoms with Gasteiger partial charge in [-0.25, -0.2) is 0 Å². The number of hydrogen-bond donors (Lipinski definition) is 2. The van der Waals surface area contributed by atoms with Crippen LogP contribution >= 0.6 is 31.9 Å². The van der Waals surface area contributed by atoms with E-state index in [4.69, 9.17) is 0 Å². The van der Waals surface area contributed by atoms with E-state index < -0.39 is 20.8 Å². The van der Waals surface area contributed by atoms with Crippen molar-refractivity contribution < 1.29 is 22.9 Å². The Kier molecular flexibility index (Phi) is 7.92. The topological polar surface area (TPSA) is 91.7 Å². The van der Waals surface area contributed by atoms with Gasteiger partial charge < -0.3 is 5.11 Å². The van der Waals surface area contributed by atoms with Crippen LogP contribution in [0.15, 0.2) is 68.2 Å². The van der Waals surface area contributed by atoms with E-state index in [9.17, 15) is 22.9 Å². The lowest BCUT2D eigenvalue weighted by molar-refractivity contribution is -0.112. The molecule has 0 saturated carbocycles. The summed E-state index contributed by atoms with van der Waals surface area (Å²) < 4.78 is 36.2. The molecule has 188 valence electrons. The lowest BCUT2D eigenvalue weighted by Crippen LogP contribution is -2.41. The van der Waals surface area contributed by atoms with Crippen molar-refractivity contribution in [3.8, 4) is 5.75 Å². The number of carbonyl (C=O) groups excluding carboxylic acids is 1. The third-order valence-corrected chi connectivity index (χ3v) is 10.2. The zero-order valence-electron chi connectivity index (χ0n) is 20.6. The van der Waals surface area contributed by atoms with Crippen LogP contribution in [0.1, 0.15) is 57.2 Å². The molecule has 2 aliphatic rings. The molecule has 35 heavy (non-hydrogen) atoms. The highest BCUT2D eigenvalue weighted by Gasteiger charge is 2.50. The van der Waals surface area contributed by atoms with Gasteiger partial charge in [-0.2, -0.15) is 8.42 Å². The Morgan fingerprint density at radius 2 is 1.71 bits per heavy atom. The Morgan fingerprint density at radius 1 is 1.09 bits per heavy atom. The second kappa shape index (κ2) is 9.96. The molecule has 0 aromatic heterocycles. The molecule has 2 aliphatic carbocycles. The van der Waals surface area contributed by atoms with Gasteiger partial charge in [0.25, 0.3) is 10.1 Å². The van der Waals surface area contributed by atoms with Crippen LogP contribution in [0.4, 0.5) is 0 Å². The number of rotatable bonds is 5. The van der Waals surface area contributed by atoms with Crippen LogP contribution in [0.25, 0.3) is 0 Å². The molecule has 0 fully saturated rings. The van der Waals surface area contributed by atoms with Gasteiger partial charge in [-0.3, -0.25) is 9.35 Å². The minimum absolute atomic E-state index is 0.0245. The number of ketones is 1. The normalized spacial score (nSPS) is 24.2. The maximum atomic E-state index is 13.2. The molecule has 0 spiro atoms. The molecule has 0 heterocycles. The first-order valence-corrected chi connectivity index (χ1v) is 14.4. The molecule has 3 rings (SSSR count). The van der Waals surface area contributed by atoms with Crippen molar-refractivity contribution in [2.24, 2.45) is 11.8 Å². The van der Waals surface area contributed by atoms with E-state index in [0.717, 1.165) is 0 Å². The summed E-state index contributed by atoms with van der Waals surface area (Å²) in [4.78, 5) is 12.7. The fourth-order valence-corrected chi connectivity index (χ4v) is 6.77. The molecular formula is C27H30Br2O5S. The van der Waals surface area contributed by atoms with Gasteiger partial charge in [-0.1, -0.05) is 58.1 Å². The molecule has 1 aromatic carbocycles. The number of phenols is 1. The van der Waals surface area contributed by atoms with E-state index in [2.05, 4.69) is 31.9 Å². The monoisotopic (exact) mass is 624 g/mol. The summed E-state index contributed by atoms with van der Waals surface area (Å²) in [5.74, 6) is -0.944. The third-order valence-electron chi connectivity index (χ3n) is 6.77. The van der Waals surface area contributed by atoms with Gasteiger partial charge in [0.15, 0.2) is 10.5 Å². The number of halogens is 2. The summed E-state index contributed by atoms with van der Waals surface area (Å²) in [5.41, 5.74) is 3.47. The average molecular weight is 626 g/mol. The molecule has 1 aromatic rings. The number of aromatic hydroxyl groups is 1. The number of carbonyl (C=O) groups is 1. The molecular weight excluding hydrogens is 596 g/mol. The highest BCUT2D eigenvalue weighted by Crippen LogP contribution is 2.49. The Morgan fingerprint density at radius 3 is 2.26 bits per heavy atom. The average Bonchev–Trinajstić information content (AvgIpc) is 2.77. The van der Waals surface area contributed by atoms with Crippen molar-refractivity contribution in [2.45, 2.75) is 52.2 Å². The number of benzene rings is 1. The molecule has 0 amide bonds. The molecule has 0 saturated heterocycles. The van der Waals surface area contributed by atoms with Gasteiger partial charge in [0, 0.05) is 11.5 Å². The quantitative estimate of drug-likeness (QED) is 0.338. The van der Waals surface area contributed by atoms with E-state index in [1.165, 1.54) is 6.08 Å². The van der Waals surface area contributed by atoms with Crippen molar-refractivity contribution in [3.63, 3.8) is 0 Å². The standard InChI is InChI=1S/C27H30Br2O5S/c1-14(2)20-12-18(16(5)23(28)25(20)30)11-19-9-7-8-10-27(19,35(32,33)34)22-13-21(15(3)4)26(31)24(29)17(22)6/h7-15,19,31H,1-6H3,(H,32,33,34)/b18-11+. The molecule has 2 atom stereocenters. The molecule has 2 unspecified atom stereocenters. The van der Waals surface area contributed by atoms with Gasteiger partial charge in [0.2, 0.25) is 0 Å². The first-order valence-electron chi connectivity index (χ1n) is 11.3.